The van der Waals surface area contributed by atoms with E-state index in [1.807, 2.05) is 0 Å². The van der Waals surface area contributed by atoms with Crippen molar-refractivity contribution in [3.8, 4) is 0 Å². The van der Waals surface area contributed by atoms with Crippen molar-refractivity contribution in [2.45, 2.75) is 13.5 Å². The minimum Gasteiger partial charge on any atom is -0.454 e. The van der Waals surface area contributed by atoms with Crippen LogP contribution in [0, 0.1) is 6.92 Å². The predicted molar refractivity (Wildman–Crippen MR) is 76.5 cm³/mol. The molecule has 0 saturated heterocycles. The van der Waals surface area contributed by atoms with E-state index >= 15 is 0 Å². The van der Waals surface area contributed by atoms with E-state index in [-0.39, 0.29) is 6.61 Å². The average molecular weight is 312 g/mol. The van der Waals surface area contributed by atoms with Gasteiger partial charge in [0.15, 0.2) is 12.4 Å². The van der Waals surface area contributed by atoms with Crippen LogP contribution in [0.3, 0.4) is 0 Å². The molecule has 0 N–H and O–H groups in total. The van der Waals surface area contributed by atoms with Crippen LogP contribution in [0.5, 0.6) is 0 Å². The Kier molecular flexibility index (Phi) is 4.82. The largest absolute Gasteiger partial charge is 0.454 e. The fraction of sp³-hybridized carbons (Fsp3) is 0.143. The average Bonchev–Trinajstić information content (AvgIpc) is 2.81. The third-order valence-electron chi connectivity index (χ3n) is 2.39. The highest BCUT2D eigenvalue weighted by molar-refractivity contribution is 6.35. The first kappa shape index (κ1) is 14.6. The lowest BCUT2D eigenvalue weighted by Gasteiger charge is -1.99. The zero-order valence-corrected chi connectivity index (χ0v) is 12.1. The summed E-state index contributed by atoms with van der Waals surface area (Å²) in [6.07, 6.45) is 2.85. The lowest BCUT2D eigenvalue weighted by atomic mass is 10.2. The summed E-state index contributed by atoms with van der Waals surface area (Å²) in [7, 11) is 0. The molecule has 0 amide bonds. The maximum absolute atomic E-state index is 11.5. The Morgan fingerprint density at radius 1 is 1.40 bits per heavy atom. The number of halogens is 2. The normalized spacial score (nSPS) is 10.9. The van der Waals surface area contributed by atoms with E-state index in [1.165, 1.54) is 6.08 Å². The van der Waals surface area contributed by atoms with Crippen LogP contribution in [0.15, 0.2) is 34.9 Å². The summed E-state index contributed by atoms with van der Waals surface area (Å²) in [5.74, 6) is -0.00107. The van der Waals surface area contributed by atoms with Crippen LogP contribution < -0.4 is 0 Å². The van der Waals surface area contributed by atoms with Gasteiger partial charge in [-0.05, 0) is 30.7 Å². The molecule has 20 heavy (non-hydrogen) atoms. The van der Waals surface area contributed by atoms with E-state index in [4.69, 9.17) is 32.5 Å². The first-order valence-corrected chi connectivity index (χ1v) is 6.52. The maximum atomic E-state index is 11.5. The number of rotatable bonds is 4. The monoisotopic (exact) mass is 311 g/mol. The summed E-state index contributed by atoms with van der Waals surface area (Å²) in [5.41, 5.74) is 1.42. The molecular formula is C14H11Cl2NO3. The molecule has 0 aliphatic rings. The fourth-order valence-electron chi connectivity index (χ4n) is 1.47. The molecule has 0 spiro atoms. The second kappa shape index (κ2) is 6.59. The summed E-state index contributed by atoms with van der Waals surface area (Å²) in [5, 5.41) is 4.70. The van der Waals surface area contributed by atoms with Crippen molar-refractivity contribution in [2.24, 2.45) is 0 Å². The molecule has 2 aromatic rings. The Labute approximate surface area is 125 Å². The van der Waals surface area contributed by atoms with Crippen LogP contribution in [0.1, 0.15) is 17.0 Å². The number of nitrogens with zero attached hydrogens (tertiary/aromatic N) is 1. The lowest BCUT2D eigenvalue weighted by molar-refractivity contribution is -0.139. The molecule has 0 saturated carbocycles. The minimum absolute atomic E-state index is 0.0400. The molecule has 0 aliphatic heterocycles. The zero-order chi connectivity index (χ0) is 14.5. The Balaban J connectivity index is 1.92. The molecule has 1 aromatic heterocycles. The van der Waals surface area contributed by atoms with Gasteiger partial charge in [-0.2, -0.15) is 0 Å². The Bertz CT molecular complexity index is 650. The van der Waals surface area contributed by atoms with Gasteiger partial charge in [0.25, 0.3) is 0 Å². The van der Waals surface area contributed by atoms with Crippen LogP contribution in [-0.4, -0.2) is 11.1 Å². The van der Waals surface area contributed by atoms with Gasteiger partial charge in [0.1, 0.15) is 0 Å². The van der Waals surface area contributed by atoms with Crippen LogP contribution in [0.2, 0.25) is 10.0 Å². The molecule has 104 valence electrons. The quantitative estimate of drug-likeness (QED) is 0.631. The van der Waals surface area contributed by atoms with Crippen LogP contribution >= 0.6 is 23.2 Å². The molecule has 1 aromatic carbocycles. The Hall–Kier alpha value is -1.78. The number of ether oxygens (including phenoxy) is 1. The molecule has 2 rings (SSSR count). The molecule has 0 fully saturated rings. The van der Waals surface area contributed by atoms with Gasteiger partial charge in [-0.25, -0.2) is 4.79 Å². The number of hydrogen-bond acceptors (Lipinski definition) is 4. The number of benzene rings is 1. The zero-order valence-electron chi connectivity index (χ0n) is 10.6. The SMILES string of the molecule is Cc1cc(COC(=O)/C=C/c2ccc(Cl)cc2Cl)on1. The van der Waals surface area contributed by atoms with Gasteiger partial charge in [-0.3, -0.25) is 0 Å². The number of hydrogen-bond donors (Lipinski definition) is 0. The van der Waals surface area contributed by atoms with E-state index < -0.39 is 5.97 Å². The molecule has 6 heteroatoms. The van der Waals surface area contributed by atoms with Crippen molar-refractivity contribution in [3.63, 3.8) is 0 Å². The summed E-state index contributed by atoms with van der Waals surface area (Å²) in [6, 6.07) is 6.71. The van der Waals surface area contributed by atoms with Crippen molar-refractivity contribution >= 4 is 35.2 Å². The van der Waals surface area contributed by atoms with Crippen molar-refractivity contribution < 1.29 is 14.1 Å². The van der Waals surface area contributed by atoms with E-state index in [1.54, 1.807) is 37.3 Å². The third kappa shape index (κ3) is 4.11. The van der Waals surface area contributed by atoms with Gasteiger partial charge in [0.2, 0.25) is 0 Å². The second-order valence-electron chi connectivity index (χ2n) is 4.04. The molecule has 0 bridgehead atoms. The van der Waals surface area contributed by atoms with Crippen molar-refractivity contribution in [1.82, 2.24) is 5.16 Å². The Morgan fingerprint density at radius 2 is 2.20 bits per heavy atom. The number of carbonyl (C=O) groups excluding carboxylic acids is 1. The Morgan fingerprint density at radius 3 is 2.85 bits per heavy atom. The standard InChI is InChI=1S/C14H11Cl2NO3/c1-9-6-12(20-17-9)8-19-14(18)5-3-10-2-4-11(15)7-13(10)16/h2-7H,8H2,1H3/b5-3+. The van der Waals surface area contributed by atoms with Crippen LogP contribution in [0.25, 0.3) is 6.08 Å². The van der Waals surface area contributed by atoms with E-state index in [0.717, 1.165) is 5.69 Å². The number of aryl methyl sites for hydroxylation is 1. The van der Waals surface area contributed by atoms with Gasteiger partial charge in [-0.1, -0.05) is 34.4 Å². The smallest absolute Gasteiger partial charge is 0.331 e. The molecular weight excluding hydrogens is 301 g/mol. The molecule has 0 atom stereocenters. The van der Waals surface area contributed by atoms with Gasteiger partial charge in [-0.15, -0.1) is 0 Å². The molecule has 0 radical (unpaired) electrons. The van der Waals surface area contributed by atoms with Gasteiger partial charge in [0, 0.05) is 22.2 Å². The molecule has 0 unspecified atom stereocenters. The second-order valence-corrected chi connectivity index (χ2v) is 4.89. The summed E-state index contributed by atoms with van der Waals surface area (Å²) in [4.78, 5) is 11.5. The van der Waals surface area contributed by atoms with E-state index in [9.17, 15) is 4.79 Å². The van der Waals surface area contributed by atoms with E-state index in [0.29, 0.717) is 21.4 Å². The summed E-state index contributed by atoms with van der Waals surface area (Å²) >= 11 is 11.8. The lowest BCUT2D eigenvalue weighted by Crippen LogP contribution is -1.99. The number of aromatic nitrogens is 1. The van der Waals surface area contributed by atoms with Crippen molar-refractivity contribution in [3.05, 3.63) is 57.4 Å². The summed E-state index contributed by atoms with van der Waals surface area (Å²) in [6.45, 7) is 1.83. The molecule has 1 heterocycles. The topological polar surface area (TPSA) is 52.3 Å². The number of esters is 1. The van der Waals surface area contributed by atoms with Crippen molar-refractivity contribution in [2.75, 3.05) is 0 Å². The fourth-order valence-corrected chi connectivity index (χ4v) is 1.94. The first-order chi connectivity index (χ1) is 9.54. The molecule has 0 aliphatic carbocycles. The number of carbonyl (C=O) groups is 1. The van der Waals surface area contributed by atoms with Crippen molar-refractivity contribution in [1.29, 1.82) is 0 Å². The third-order valence-corrected chi connectivity index (χ3v) is 2.96. The highest BCUT2D eigenvalue weighted by Gasteiger charge is 2.04. The highest BCUT2D eigenvalue weighted by Crippen LogP contribution is 2.22. The summed E-state index contributed by atoms with van der Waals surface area (Å²) < 4.78 is 9.92. The first-order valence-electron chi connectivity index (χ1n) is 5.76. The van der Waals surface area contributed by atoms with Gasteiger partial charge >= 0.3 is 5.97 Å². The predicted octanol–water partition coefficient (Wildman–Crippen LogP) is 4.05. The van der Waals surface area contributed by atoms with Crippen LogP contribution in [0.4, 0.5) is 0 Å². The minimum atomic E-state index is -0.495. The van der Waals surface area contributed by atoms with E-state index in [2.05, 4.69) is 5.16 Å². The maximum Gasteiger partial charge on any atom is 0.331 e. The molecule has 4 nitrogen and oxygen atoms in total. The van der Waals surface area contributed by atoms with Gasteiger partial charge < -0.3 is 9.26 Å². The van der Waals surface area contributed by atoms with Crippen LogP contribution in [-0.2, 0) is 16.1 Å². The highest BCUT2D eigenvalue weighted by atomic mass is 35.5. The van der Waals surface area contributed by atoms with Gasteiger partial charge in [0.05, 0.1) is 5.69 Å².